The molecule has 0 saturated carbocycles. The van der Waals surface area contributed by atoms with E-state index in [1.54, 1.807) is 6.92 Å². The van der Waals surface area contributed by atoms with Gasteiger partial charge in [0, 0.05) is 25.5 Å². The molecule has 0 aromatic carbocycles. The lowest BCUT2D eigenvalue weighted by atomic mass is 10.1. The minimum absolute atomic E-state index is 0.00433. The van der Waals surface area contributed by atoms with Crippen molar-refractivity contribution in [3.05, 3.63) is 18.2 Å². The van der Waals surface area contributed by atoms with Gasteiger partial charge >= 0.3 is 25.7 Å². The number of H-pyrrole nitrogens is 1. The molecule has 4 atom stereocenters. The number of aromatic amines is 1. The second-order valence-corrected chi connectivity index (χ2v) is 8.25. The van der Waals surface area contributed by atoms with E-state index in [4.69, 9.17) is 19.7 Å². The zero-order valence-electron chi connectivity index (χ0n) is 18.7. The van der Waals surface area contributed by atoms with Crippen molar-refractivity contribution in [2.75, 3.05) is 13.2 Å². The number of amides is 1. The highest BCUT2D eigenvalue weighted by molar-refractivity contribution is 7.47. The number of carboxylic acid groups (broad SMARTS) is 1. The van der Waals surface area contributed by atoms with Crippen LogP contribution >= 0.6 is 7.82 Å². The van der Waals surface area contributed by atoms with Crippen molar-refractivity contribution >= 4 is 31.6 Å². The topological polar surface area (TPSA) is 229 Å². The smallest absolute Gasteiger partial charge is 0.475 e. The van der Waals surface area contributed by atoms with E-state index in [9.17, 15) is 33.7 Å². The fourth-order valence-corrected chi connectivity index (χ4v) is 3.09. The zero-order valence-corrected chi connectivity index (χ0v) is 19.6. The van der Waals surface area contributed by atoms with Gasteiger partial charge < -0.3 is 35.5 Å². The lowest BCUT2D eigenvalue weighted by molar-refractivity contribution is -0.179. The third kappa shape index (κ3) is 11.3. The van der Waals surface area contributed by atoms with E-state index in [0.717, 1.165) is 0 Å². The Morgan fingerprint density at radius 2 is 1.94 bits per heavy atom. The number of rotatable bonds is 16. The molecule has 0 radical (unpaired) electrons. The molecule has 34 heavy (non-hydrogen) atoms. The maximum Gasteiger partial charge on any atom is 0.475 e. The Bertz CT molecular complexity index is 864. The van der Waals surface area contributed by atoms with Crippen LogP contribution in [-0.4, -0.2) is 75.4 Å². The van der Waals surface area contributed by atoms with Gasteiger partial charge in [-0.05, 0) is 6.42 Å². The molecule has 0 bridgehead atoms. The maximum atomic E-state index is 12.2. The Hall–Kier alpha value is -2.84. The minimum Gasteiger partial charge on any atom is -0.480 e. The van der Waals surface area contributed by atoms with Crippen LogP contribution in [0.2, 0.25) is 0 Å². The Morgan fingerprint density at radius 1 is 1.24 bits per heavy atom. The molecule has 1 heterocycles. The molecule has 15 nitrogen and oxygen atoms in total. The monoisotopic (exact) mass is 508 g/mol. The molecule has 0 saturated heterocycles. The number of nitrogens with zero attached hydrogens (tertiary/aromatic N) is 1. The van der Waals surface area contributed by atoms with Crippen molar-refractivity contribution in [1.82, 2.24) is 15.3 Å². The molecule has 192 valence electrons. The number of nitrogens with two attached hydrogens (primary N) is 1. The lowest BCUT2D eigenvalue weighted by Crippen LogP contribution is -2.50. The summed E-state index contributed by atoms with van der Waals surface area (Å²) >= 11 is 0. The van der Waals surface area contributed by atoms with Gasteiger partial charge in [-0.1, -0.05) is 13.8 Å². The van der Waals surface area contributed by atoms with E-state index in [2.05, 4.69) is 19.8 Å². The second kappa shape index (κ2) is 14.4. The molecule has 0 spiro atoms. The van der Waals surface area contributed by atoms with Crippen LogP contribution in [0.5, 0.6) is 0 Å². The van der Waals surface area contributed by atoms with Gasteiger partial charge in [-0.2, -0.15) is 0 Å². The molecule has 0 aliphatic rings. The fourth-order valence-electron chi connectivity index (χ4n) is 2.28. The number of nitrogens with one attached hydrogen (secondary N) is 2. The van der Waals surface area contributed by atoms with E-state index < -0.39 is 63.2 Å². The number of aliphatic carboxylic acids is 1. The van der Waals surface area contributed by atoms with Gasteiger partial charge in [0.25, 0.3) is 0 Å². The van der Waals surface area contributed by atoms with Gasteiger partial charge in [-0.25, -0.2) is 18.9 Å². The summed E-state index contributed by atoms with van der Waals surface area (Å²) < 4.78 is 31.3. The first-order valence-electron chi connectivity index (χ1n) is 10.2. The Labute approximate surface area is 194 Å². The number of carboxylic acids is 1. The van der Waals surface area contributed by atoms with Crippen molar-refractivity contribution in [2.24, 2.45) is 5.73 Å². The summed E-state index contributed by atoms with van der Waals surface area (Å²) in [4.78, 5) is 63.0. The number of imidazole rings is 1. The van der Waals surface area contributed by atoms with Crippen LogP contribution < -0.4 is 11.1 Å². The molecule has 0 aliphatic heterocycles. The summed E-state index contributed by atoms with van der Waals surface area (Å²) in [5, 5.41) is 11.4. The van der Waals surface area contributed by atoms with Gasteiger partial charge in [-0.3, -0.25) is 18.9 Å². The number of carbonyl (C=O) groups is 4. The summed E-state index contributed by atoms with van der Waals surface area (Å²) in [5.41, 5.74) is 5.99. The molecule has 0 aliphatic carbocycles. The second-order valence-electron chi connectivity index (χ2n) is 6.85. The minimum atomic E-state index is -4.94. The van der Waals surface area contributed by atoms with Gasteiger partial charge in [0.15, 0.2) is 6.61 Å². The standard InChI is InChI=1S/C18H29N4O11P/c1-3-5-15(24)32-16(9-30-14(23)4-2)33-34(28,29)31-8-12(19)17(25)22-13(18(26)27)6-11-7-20-10-21-11/h7,10,12-13,16H,3-6,8-9,19H2,1-2H3,(H,20,21)(H,22,25)(H,26,27)(H,28,29). The van der Waals surface area contributed by atoms with Gasteiger partial charge in [0.1, 0.15) is 12.1 Å². The first-order valence-corrected chi connectivity index (χ1v) is 11.7. The van der Waals surface area contributed by atoms with E-state index in [0.29, 0.717) is 12.1 Å². The average Bonchev–Trinajstić information content (AvgIpc) is 3.28. The predicted molar refractivity (Wildman–Crippen MR) is 113 cm³/mol. The van der Waals surface area contributed by atoms with Crippen molar-refractivity contribution in [3.63, 3.8) is 0 Å². The summed E-state index contributed by atoms with van der Waals surface area (Å²) in [7, 11) is -4.94. The predicted octanol–water partition coefficient (Wildman–Crippen LogP) is -0.395. The highest BCUT2D eigenvalue weighted by Crippen LogP contribution is 2.44. The van der Waals surface area contributed by atoms with Crippen LogP contribution in [0, 0.1) is 0 Å². The van der Waals surface area contributed by atoms with Crippen molar-refractivity contribution in [1.29, 1.82) is 0 Å². The van der Waals surface area contributed by atoms with Crippen LogP contribution in [0.25, 0.3) is 0 Å². The van der Waals surface area contributed by atoms with Crippen LogP contribution in [0.3, 0.4) is 0 Å². The van der Waals surface area contributed by atoms with Crippen LogP contribution in [0.15, 0.2) is 12.5 Å². The summed E-state index contributed by atoms with van der Waals surface area (Å²) in [6.45, 7) is 1.69. The first kappa shape index (κ1) is 29.2. The average molecular weight is 508 g/mol. The molecular formula is C18H29N4O11P. The third-order valence-electron chi connectivity index (χ3n) is 3.97. The van der Waals surface area contributed by atoms with E-state index in [-0.39, 0.29) is 19.3 Å². The number of phosphoric acid groups is 1. The third-order valence-corrected chi connectivity index (χ3v) is 4.95. The molecule has 1 aromatic rings. The summed E-state index contributed by atoms with van der Waals surface area (Å²) in [6.07, 6.45) is 1.31. The maximum absolute atomic E-state index is 12.2. The van der Waals surface area contributed by atoms with E-state index in [1.165, 1.54) is 19.4 Å². The van der Waals surface area contributed by atoms with Crippen molar-refractivity contribution in [3.8, 4) is 0 Å². The van der Waals surface area contributed by atoms with E-state index >= 15 is 0 Å². The number of carbonyl (C=O) groups excluding carboxylic acids is 3. The Morgan fingerprint density at radius 3 is 2.50 bits per heavy atom. The lowest BCUT2D eigenvalue weighted by Gasteiger charge is -2.22. The molecule has 16 heteroatoms. The Balaban J connectivity index is 2.66. The molecule has 1 rings (SSSR count). The van der Waals surface area contributed by atoms with Crippen LogP contribution in [0.4, 0.5) is 0 Å². The molecular weight excluding hydrogens is 479 g/mol. The molecule has 0 fully saturated rings. The SMILES string of the molecule is CCCC(=O)OC(COC(=O)CC)OP(=O)(O)OCC(N)C(=O)NC(Cc1c[nH]cn1)C(=O)O. The molecule has 1 aromatic heterocycles. The van der Waals surface area contributed by atoms with Crippen LogP contribution in [0.1, 0.15) is 38.8 Å². The number of ether oxygens (including phenoxy) is 2. The number of aromatic nitrogens is 2. The largest absolute Gasteiger partial charge is 0.480 e. The number of esters is 2. The van der Waals surface area contributed by atoms with Gasteiger partial charge in [-0.15, -0.1) is 0 Å². The number of hydrogen-bond donors (Lipinski definition) is 5. The van der Waals surface area contributed by atoms with Crippen molar-refractivity contribution < 1.29 is 52.3 Å². The van der Waals surface area contributed by atoms with Crippen LogP contribution in [-0.2, 0) is 48.7 Å². The number of phosphoric ester groups is 1. The molecule has 1 amide bonds. The van der Waals surface area contributed by atoms with Gasteiger partial charge in [0.2, 0.25) is 12.2 Å². The first-order chi connectivity index (χ1) is 16.0. The van der Waals surface area contributed by atoms with Gasteiger partial charge in [0.05, 0.1) is 18.6 Å². The summed E-state index contributed by atoms with van der Waals surface area (Å²) in [5.74, 6) is -3.77. The Kier molecular flexibility index (Phi) is 12.4. The quantitative estimate of drug-likeness (QED) is 0.109. The highest BCUT2D eigenvalue weighted by Gasteiger charge is 2.32. The number of hydrogen-bond acceptors (Lipinski definition) is 11. The van der Waals surface area contributed by atoms with Crippen molar-refractivity contribution in [2.45, 2.75) is 57.9 Å². The zero-order chi connectivity index (χ0) is 25.7. The van der Waals surface area contributed by atoms with E-state index in [1.807, 2.05) is 0 Å². The normalized spacial score (nSPS) is 15.4. The fraction of sp³-hybridized carbons (Fsp3) is 0.611. The molecule has 4 unspecified atom stereocenters. The molecule has 6 N–H and O–H groups in total. The summed E-state index contributed by atoms with van der Waals surface area (Å²) in [6, 6.07) is -2.92. The highest BCUT2D eigenvalue weighted by atomic mass is 31.2.